The number of esters is 1. The maximum atomic E-state index is 12.8. The van der Waals surface area contributed by atoms with E-state index in [1.54, 1.807) is 6.08 Å². The molecule has 2 rings (SSSR count). The lowest BCUT2D eigenvalue weighted by Crippen LogP contribution is -2.40. The van der Waals surface area contributed by atoms with Gasteiger partial charge in [0.25, 0.3) is 0 Å². The first-order valence-corrected chi connectivity index (χ1v) is 9.51. The first-order valence-electron chi connectivity index (χ1n) is 9.13. The molecule has 4 atom stereocenters. The van der Waals surface area contributed by atoms with Crippen LogP contribution in [-0.4, -0.2) is 32.1 Å². The van der Waals surface area contributed by atoms with E-state index in [2.05, 4.69) is 11.9 Å². The van der Waals surface area contributed by atoms with Crippen molar-refractivity contribution in [3.05, 3.63) is 53.6 Å². The molecule has 1 aromatic carbocycles. The fourth-order valence-electron chi connectivity index (χ4n) is 3.67. The highest BCUT2D eigenvalue weighted by molar-refractivity contribution is 6.30. The normalized spacial score (nSPS) is 24.7. The molecule has 0 aromatic heterocycles. The fourth-order valence-corrected chi connectivity index (χ4v) is 3.87. The molecule has 1 aromatic rings. The quantitative estimate of drug-likeness (QED) is 0.406. The first kappa shape index (κ1) is 21.2. The van der Waals surface area contributed by atoms with Crippen molar-refractivity contribution >= 4 is 29.6 Å². The Bertz CT molecular complexity index is 704. The van der Waals surface area contributed by atoms with Crippen molar-refractivity contribution in [1.82, 2.24) is 5.32 Å². The van der Waals surface area contributed by atoms with Crippen LogP contribution in [0.5, 0.6) is 0 Å². The maximum absolute atomic E-state index is 12.8. The van der Waals surface area contributed by atoms with Crippen LogP contribution in [0, 0.1) is 23.7 Å². The van der Waals surface area contributed by atoms with Crippen molar-refractivity contribution in [1.29, 1.82) is 0 Å². The number of ether oxygens (including phenoxy) is 1. The molecule has 27 heavy (non-hydrogen) atoms. The van der Waals surface area contributed by atoms with E-state index < -0.39 is 11.8 Å². The topological polar surface area (TPSA) is 81.4 Å². The van der Waals surface area contributed by atoms with E-state index >= 15 is 0 Å². The second-order valence-corrected chi connectivity index (χ2v) is 7.16. The van der Waals surface area contributed by atoms with Crippen LogP contribution in [0.25, 0.3) is 6.08 Å². The van der Waals surface area contributed by atoms with Crippen LogP contribution >= 0.6 is 11.6 Å². The Balaban J connectivity index is 2.27. The molecule has 5 nitrogen and oxygen atoms in total. The lowest BCUT2D eigenvalue weighted by atomic mass is 9.85. The summed E-state index contributed by atoms with van der Waals surface area (Å²) in [6, 6.07) is 7.48. The number of nitrogens with one attached hydrogen (secondary N) is 1. The molecule has 0 radical (unpaired) electrons. The Hall–Kier alpha value is -2.11. The number of carbonyl (C=O) groups excluding carboxylic acids is 2. The molecule has 0 bridgehead atoms. The van der Waals surface area contributed by atoms with Crippen molar-refractivity contribution in [2.75, 3.05) is 20.2 Å². The van der Waals surface area contributed by atoms with Crippen molar-refractivity contribution in [3.63, 3.8) is 0 Å². The number of hydrogen-bond donors (Lipinski definition) is 2. The highest BCUT2D eigenvalue weighted by Crippen LogP contribution is 2.44. The summed E-state index contributed by atoms with van der Waals surface area (Å²) in [7, 11) is 1.35. The molecule has 6 heteroatoms. The van der Waals surface area contributed by atoms with Crippen LogP contribution in [0.4, 0.5) is 0 Å². The van der Waals surface area contributed by atoms with E-state index in [-0.39, 0.29) is 23.7 Å². The van der Waals surface area contributed by atoms with Crippen LogP contribution in [0.3, 0.4) is 0 Å². The Morgan fingerprint density at radius 2 is 2.15 bits per heavy atom. The van der Waals surface area contributed by atoms with Gasteiger partial charge in [-0.1, -0.05) is 42.0 Å². The molecule has 146 valence electrons. The highest BCUT2D eigenvalue weighted by atomic mass is 35.5. The van der Waals surface area contributed by atoms with Crippen LogP contribution in [-0.2, 0) is 14.3 Å². The SMILES string of the molecule is C=C[C@@H]1C[C@H](/C=C/c2cccc(Cl)c2)[C@H](C(=O)NCCCN)[C@@H]1C(=O)OC. The summed E-state index contributed by atoms with van der Waals surface area (Å²) in [5.41, 5.74) is 6.45. The summed E-state index contributed by atoms with van der Waals surface area (Å²) in [5, 5.41) is 3.55. The molecule has 0 unspecified atom stereocenters. The van der Waals surface area contributed by atoms with E-state index in [4.69, 9.17) is 22.1 Å². The smallest absolute Gasteiger partial charge is 0.310 e. The summed E-state index contributed by atoms with van der Waals surface area (Å²) in [6.45, 7) is 4.83. The number of rotatable bonds is 8. The van der Waals surface area contributed by atoms with Gasteiger partial charge in [0.05, 0.1) is 18.9 Å². The van der Waals surface area contributed by atoms with E-state index in [0.717, 1.165) is 5.56 Å². The average molecular weight is 391 g/mol. The summed E-state index contributed by atoms with van der Waals surface area (Å²) in [5.74, 6) is -1.79. The van der Waals surface area contributed by atoms with E-state index in [1.807, 2.05) is 36.4 Å². The number of hydrogen-bond acceptors (Lipinski definition) is 4. The summed E-state index contributed by atoms with van der Waals surface area (Å²) in [4.78, 5) is 25.2. The first-order chi connectivity index (χ1) is 13.0. The largest absolute Gasteiger partial charge is 0.469 e. The van der Waals surface area contributed by atoms with Crippen molar-refractivity contribution in [2.45, 2.75) is 12.8 Å². The van der Waals surface area contributed by atoms with Gasteiger partial charge in [-0.15, -0.1) is 6.58 Å². The zero-order chi connectivity index (χ0) is 19.8. The molecule has 1 saturated carbocycles. The number of benzene rings is 1. The van der Waals surface area contributed by atoms with E-state index in [9.17, 15) is 9.59 Å². The number of allylic oxidation sites excluding steroid dienone is 2. The minimum atomic E-state index is -0.542. The third-order valence-corrected chi connectivity index (χ3v) is 5.23. The molecule has 0 spiro atoms. The number of carbonyl (C=O) groups is 2. The number of methoxy groups -OCH3 is 1. The molecular formula is C21H27ClN2O3. The second kappa shape index (κ2) is 10.3. The Morgan fingerprint density at radius 1 is 1.37 bits per heavy atom. The molecule has 1 amide bonds. The van der Waals surface area contributed by atoms with Crippen molar-refractivity contribution in [2.24, 2.45) is 29.4 Å². The van der Waals surface area contributed by atoms with Gasteiger partial charge in [0, 0.05) is 11.6 Å². The zero-order valence-electron chi connectivity index (χ0n) is 15.6. The van der Waals surface area contributed by atoms with Gasteiger partial charge < -0.3 is 15.8 Å². The number of amides is 1. The predicted molar refractivity (Wildman–Crippen MR) is 108 cm³/mol. The molecule has 1 aliphatic rings. The highest BCUT2D eigenvalue weighted by Gasteiger charge is 2.49. The summed E-state index contributed by atoms with van der Waals surface area (Å²) in [6.07, 6.45) is 7.02. The predicted octanol–water partition coefficient (Wildman–Crippen LogP) is 3.05. The van der Waals surface area contributed by atoms with E-state index in [1.165, 1.54) is 7.11 Å². The Morgan fingerprint density at radius 3 is 2.78 bits per heavy atom. The number of nitrogens with two attached hydrogens (primary N) is 1. The summed E-state index contributed by atoms with van der Waals surface area (Å²) >= 11 is 6.04. The van der Waals surface area contributed by atoms with Crippen LogP contribution in [0.2, 0.25) is 5.02 Å². The van der Waals surface area contributed by atoms with Crippen molar-refractivity contribution in [3.8, 4) is 0 Å². The number of halogens is 1. The zero-order valence-corrected chi connectivity index (χ0v) is 16.3. The molecule has 0 heterocycles. The summed E-state index contributed by atoms with van der Waals surface area (Å²) < 4.78 is 4.97. The Labute approximate surface area is 165 Å². The minimum Gasteiger partial charge on any atom is -0.469 e. The van der Waals surface area contributed by atoms with Gasteiger partial charge in [-0.3, -0.25) is 9.59 Å². The van der Waals surface area contributed by atoms with Gasteiger partial charge in [-0.05, 0) is 48.9 Å². The molecule has 0 saturated heterocycles. The molecule has 1 fully saturated rings. The monoisotopic (exact) mass is 390 g/mol. The van der Waals surface area contributed by atoms with E-state index in [0.29, 0.717) is 31.0 Å². The second-order valence-electron chi connectivity index (χ2n) is 6.72. The van der Waals surface area contributed by atoms with Gasteiger partial charge in [0.1, 0.15) is 0 Å². The third kappa shape index (κ3) is 5.44. The van der Waals surface area contributed by atoms with Crippen LogP contribution in [0.1, 0.15) is 18.4 Å². The van der Waals surface area contributed by atoms with Crippen LogP contribution in [0.15, 0.2) is 43.0 Å². The molecule has 3 N–H and O–H groups in total. The fraction of sp³-hybridized carbons (Fsp3) is 0.429. The van der Waals surface area contributed by atoms with Gasteiger partial charge >= 0.3 is 5.97 Å². The van der Waals surface area contributed by atoms with Gasteiger partial charge in [0.2, 0.25) is 5.91 Å². The minimum absolute atomic E-state index is 0.103. The van der Waals surface area contributed by atoms with Gasteiger partial charge in [-0.25, -0.2) is 0 Å². The lowest BCUT2D eigenvalue weighted by molar-refractivity contribution is -0.150. The Kier molecular flexibility index (Phi) is 8.07. The lowest BCUT2D eigenvalue weighted by Gasteiger charge is -2.22. The molecule has 0 aliphatic heterocycles. The van der Waals surface area contributed by atoms with Crippen LogP contribution < -0.4 is 11.1 Å². The van der Waals surface area contributed by atoms with Gasteiger partial charge in [0.15, 0.2) is 0 Å². The van der Waals surface area contributed by atoms with Gasteiger partial charge in [-0.2, -0.15) is 0 Å². The molecular weight excluding hydrogens is 364 g/mol. The maximum Gasteiger partial charge on any atom is 0.310 e. The third-order valence-electron chi connectivity index (χ3n) is 5.00. The molecule has 1 aliphatic carbocycles. The standard InChI is InChI=1S/C21H27ClN2O3/c1-3-15-13-16(9-8-14-6-4-7-17(22)12-14)18(19(15)21(26)27-2)20(25)24-11-5-10-23/h3-4,6-9,12,15-16,18-19H,1,5,10-11,13,23H2,2H3,(H,24,25)/b9-8+/t15-,16+,18+,19-/m1/s1. The van der Waals surface area contributed by atoms with Crippen molar-refractivity contribution < 1.29 is 14.3 Å². The average Bonchev–Trinajstić information content (AvgIpc) is 3.04.